The van der Waals surface area contributed by atoms with E-state index in [-0.39, 0.29) is 5.41 Å². The number of hydrogen-bond acceptors (Lipinski definition) is 7. The molecule has 1 spiro atoms. The monoisotopic (exact) mass is 401 g/mol. The largest absolute Gasteiger partial charge is 0.332 e. The van der Waals surface area contributed by atoms with Crippen LogP contribution in [0.15, 0.2) is 38.7 Å². The normalized spacial score (nSPS) is 21.9. The lowest BCUT2D eigenvalue weighted by Crippen LogP contribution is -2.45. The van der Waals surface area contributed by atoms with Gasteiger partial charge in [-0.25, -0.2) is 9.67 Å². The highest BCUT2D eigenvalue weighted by molar-refractivity contribution is 7.10. The minimum absolute atomic E-state index is 0.138. The molecule has 3 aromatic rings. The third-order valence-electron chi connectivity index (χ3n) is 5.58. The number of thiazole rings is 1. The molecule has 0 amide bonds. The van der Waals surface area contributed by atoms with Crippen molar-refractivity contribution in [2.45, 2.75) is 37.9 Å². The van der Waals surface area contributed by atoms with Gasteiger partial charge in [-0.05, 0) is 30.8 Å². The van der Waals surface area contributed by atoms with Crippen LogP contribution >= 0.6 is 22.7 Å². The number of nitrogens with zero attached hydrogens (tertiary/aromatic N) is 5. The number of thiophene rings is 1. The zero-order valence-electron chi connectivity index (χ0n) is 14.7. The van der Waals surface area contributed by atoms with Crippen LogP contribution in [0, 0.1) is 0 Å². The Kier molecular flexibility index (Phi) is 4.10. The molecule has 140 valence electrons. The molecule has 1 saturated heterocycles. The van der Waals surface area contributed by atoms with Crippen molar-refractivity contribution in [1.29, 1.82) is 0 Å². The van der Waals surface area contributed by atoms with Crippen LogP contribution < -0.4 is 11.1 Å². The van der Waals surface area contributed by atoms with Crippen molar-refractivity contribution in [1.82, 2.24) is 24.2 Å². The summed E-state index contributed by atoms with van der Waals surface area (Å²) in [6.45, 7) is 3.59. The van der Waals surface area contributed by atoms with E-state index in [9.17, 15) is 9.59 Å². The van der Waals surface area contributed by atoms with Gasteiger partial charge in [-0.15, -0.1) is 22.7 Å². The summed E-state index contributed by atoms with van der Waals surface area (Å²) in [4.78, 5) is 32.9. The van der Waals surface area contributed by atoms with E-state index in [1.165, 1.54) is 4.68 Å². The lowest BCUT2D eigenvalue weighted by molar-refractivity contribution is 0.297. The van der Waals surface area contributed by atoms with Crippen molar-refractivity contribution in [3.05, 3.63) is 65.5 Å². The minimum Gasteiger partial charge on any atom is -0.296 e. The van der Waals surface area contributed by atoms with Crippen LogP contribution in [-0.2, 0) is 25.0 Å². The molecule has 1 fully saturated rings. The van der Waals surface area contributed by atoms with E-state index in [1.807, 2.05) is 29.1 Å². The number of hydrogen-bond donors (Lipinski definition) is 0. The number of aromatic nitrogens is 4. The molecule has 9 heteroatoms. The van der Waals surface area contributed by atoms with Crippen LogP contribution in [0.5, 0.6) is 0 Å². The van der Waals surface area contributed by atoms with Crippen molar-refractivity contribution < 1.29 is 0 Å². The first kappa shape index (κ1) is 17.0. The minimum atomic E-state index is -0.526. The van der Waals surface area contributed by atoms with Gasteiger partial charge in [0, 0.05) is 35.0 Å². The van der Waals surface area contributed by atoms with E-state index in [0.29, 0.717) is 13.1 Å². The standard InChI is InChI=1S/C18H19N5O2S2/c24-15-16(25)23(10-13-2-1-8-26-13)20-17-18(4-7-22(15)17)3-6-21(12-18)11-14-19-5-9-27-14/h1-2,5,8-9H,3-4,6-7,10-12H2. The third kappa shape index (κ3) is 2.90. The molecule has 0 bridgehead atoms. The summed E-state index contributed by atoms with van der Waals surface area (Å²) < 4.78 is 2.97. The Balaban J connectivity index is 1.48. The second-order valence-electron chi connectivity index (χ2n) is 7.24. The Labute approximate surface area is 163 Å². The van der Waals surface area contributed by atoms with Gasteiger partial charge in [-0.3, -0.25) is 19.1 Å². The van der Waals surface area contributed by atoms with Gasteiger partial charge in [0.05, 0.1) is 13.1 Å². The van der Waals surface area contributed by atoms with Crippen molar-refractivity contribution in [2.75, 3.05) is 13.1 Å². The van der Waals surface area contributed by atoms with Crippen molar-refractivity contribution in [3.8, 4) is 0 Å². The zero-order chi connectivity index (χ0) is 18.4. The first-order chi connectivity index (χ1) is 13.1. The summed E-state index contributed by atoms with van der Waals surface area (Å²) >= 11 is 3.24. The molecule has 1 atom stereocenters. The fraction of sp³-hybridized carbons (Fsp3) is 0.444. The SMILES string of the molecule is O=c1c(=O)n2c(nn1Cc1cccs1)C1(CCN(Cc3nccs3)C1)CC2. The molecule has 0 aliphatic carbocycles. The highest BCUT2D eigenvalue weighted by Gasteiger charge is 2.47. The van der Waals surface area contributed by atoms with Crippen molar-refractivity contribution in [2.24, 2.45) is 0 Å². The summed E-state index contributed by atoms with van der Waals surface area (Å²) in [7, 11) is 0. The molecule has 5 rings (SSSR count). The van der Waals surface area contributed by atoms with Crippen LogP contribution in [0.3, 0.4) is 0 Å². The molecule has 3 aromatic heterocycles. The predicted octanol–water partition coefficient (Wildman–Crippen LogP) is 1.52. The van der Waals surface area contributed by atoms with Gasteiger partial charge in [0.15, 0.2) is 0 Å². The van der Waals surface area contributed by atoms with Crippen LogP contribution in [0.2, 0.25) is 0 Å². The van der Waals surface area contributed by atoms with Gasteiger partial charge in [0.2, 0.25) is 0 Å². The molecule has 0 saturated carbocycles. The molecule has 2 aliphatic heterocycles. The lowest BCUT2D eigenvalue weighted by Gasteiger charge is -2.23. The highest BCUT2D eigenvalue weighted by Crippen LogP contribution is 2.40. The fourth-order valence-electron chi connectivity index (χ4n) is 4.23. The van der Waals surface area contributed by atoms with Crippen LogP contribution in [-0.4, -0.2) is 37.3 Å². The second-order valence-corrected chi connectivity index (χ2v) is 9.25. The van der Waals surface area contributed by atoms with E-state index in [4.69, 9.17) is 0 Å². The predicted molar refractivity (Wildman–Crippen MR) is 104 cm³/mol. The molecule has 1 unspecified atom stereocenters. The van der Waals surface area contributed by atoms with E-state index < -0.39 is 11.1 Å². The van der Waals surface area contributed by atoms with Gasteiger partial charge in [-0.1, -0.05) is 6.07 Å². The summed E-state index contributed by atoms with van der Waals surface area (Å²) in [5, 5.41) is 9.76. The lowest BCUT2D eigenvalue weighted by atomic mass is 9.85. The molecule has 5 heterocycles. The maximum Gasteiger partial charge on any atom is 0.332 e. The number of likely N-dealkylation sites (tertiary alicyclic amines) is 1. The van der Waals surface area contributed by atoms with E-state index in [2.05, 4.69) is 15.0 Å². The molecular weight excluding hydrogens is 382 g/mol. The molecule has 7 nitrogen and oxygen atoms in total. The van der Waals surface area contributed by atoms with Gasteiger partial charge < -0.3 is 0 Å². The topological polar surface area (TPSA) is 73.0 Å². The number of rotatable bonds is 4. The Morgan fingerprint density at radius 2 is 1.96 bits per heavy atom. The average Bonchev–Trinajstić information content (AvgIpc) is 3.44. The zero-order valence-corrected chi connectivity index (χ0v) is 16.3. The molecule has 0 radical (unpaired) electrons. The van der Waals surface area contributed by atoms with E-state index >= 15 is 0 Å². The van der Waals surface area contributed by atoms with Crippen LogP contribution in [0.1, 0.15) is 28.6 Å². The van der Waals surface area contributed by atoms with Crippen molar-refractivity contribution in [3.63, 3.8) is 0 Å². The summed E-state index contributed by atoms with van der Waals surface area (Å²) in [6, 6.07) is 3.91. The fourth-order valence-corrected chi connectivity index (χ4v) is 5.58. The van der Waals surface area contributed by atoms with Crippen LogP contribution in [0.4, 0.5) is 0 Å². The Bertz CT molecular complexity index is 1070. The average molecular weight is 402 g/mol. The van der Waals surface area contributed by atoms with Crippen LogP contribution in [0.25, 0.3) is 0 Å². The molecule has 0 aromatic carbocycles. The quantitative estimate of drug-likeness (QED) is 0.620. The Morgan fingerprint density at radius 3 is 2.74 bits per heavy atom. The van der Waals surface area contributed by atoms with Gasteiger partial charge in [0.1, 0.15) is 10.8 Å². The molecule has 27 heavy (non-hydrogen) atoms. The summed E-state index contributed by atoms with van der Waals surface area (Å²) in [5.74, 6) is 0.783. The first-order valence-corrected chi connectivity index (χ1v) is 10.8. The Hall–Kier alpha value is -2.10. The second kappa shape index (κ2) is 6.50. The number of fused-ring (bicyclic) bond motifs is 2. The van der Waals surface area contributed by atoms with Gasteiger partial charge in [-0.2, -0.15) is 5.10 Å². The smallest absolute Gasteiger partial charge is 0.296 e. The van der Waals surface area contributed by atoms with E-state index in [0.717, 1.165) is 48.2 Å². The summed E-state index contributed by atoms with van der Waals surface area (Å²) in [5.41, 5.74) is -1.10. The van der Waals surface area contributed by atoms with Crippen molar-refractivity contribution >= 4 is 22.7 Å². The molecule has 0 N–H and O–H groups in total. The molecule has 2 aliphatic rings. The summed E-state index contributed by atoms with van der Waals surface area (Å²) in [6.07, 6.45) is 3.66. The van der Waals surface area contributed by atoms with E-state index in [1.54, 1.807) is 27.2 Å². The highest BCUT2D eigenvalue weighted by atomic mass is 32.1. The Morgan fingerprint density at radius 1 is 1.07 bits per heavy atom. The van der Waals surface area contributed by atoms with Gasteiger partial charge in [0.25, 0.3) is 0 Å². The maximum atomic E-state index is 12.7. The van der Waals surface area contributed by atoms with Gasteiger partial charge >= 0.3 is 11.1 Å². The maximum absolute atomic E-state index is 12.7. The first-order valence-electron chi connectivity index (χ1n) is 9.00. The third-order valence-corrected chi connectivity index (χ3v) is 7.21. The molecular formula is C18H19N5O2S2.